The maximum absolute atomic E-state index is 13.4. The van der Waals surface area contributed by atoms with E-state index in [0.29, 0.717) is 6.07 Å². The Kier molecular flexibility index (Phi) is 2.95. The molecule has 1 amide bonds. The molecule has 17 heavy (non-hydrogen) atoms. The zero-order valence-electron chi connectivity index (χ0n) is 8.80. The molecule has 2 N–H and O–H groups in total. The van der Waals surface area contributed by atoms with Crippen LogP contribution in [0.1, 0.15) is 23.2 Å². The van der Waals surface area contributed by atoms with Gasteiger partial charge in [-0.2, -0.15) is 4.39 Å². The lowest BCUT2D eigenvalue weighted by molar-refractivity contribution is 0.0994. The van der Waals surface area contributed by atoms with Gasteiger partial charge in [-0.05, 0) is 24.8 Å². The van der Waals surface area contributed by atoms with Crippen LogP contribution in [-0.2, 0) is 0 Å². The normalized spacial score (nSPS) is 14.8. The maximum Gasteiger partial charge on any atom is 0.252 e. The Bertz CT molecular complexity index is 472. The molecule has 0 heterocycles. The van der Waals surface area contributed by atoms with Crippen LogP contribution in [0.4, 0.5) is 13.2 Å². The summed E-state index contributed by atoms with van der Waals surface area (Å²) in [6.45, 7) is 0.169. The van der Waals surface area contributed by atoms with Crippen molar-refractivity contribution in [2.24, 2.45) is 11.7 Å². The Morgan fingerprint density at radius 1 is 1.35 bits per heavy atom. The average Bonchev–Trinajstić information content (AvgIpc) is 3.08. The molecule has 0 bridgehead atoms. The van der Waals surface area contributed by atoms with E-state index in [0.717, 1.165) is 12.8 Å². The SMILES string of the molecule is NC(=O)c1cc(F)c(F)c(F)c1OCC1CC1. The molecule has 3 nitrogen and oxygen atoms in total. The van der Waals surface area contributed by atoms with Gasteiger partial charge in [-0.15, -0.1) is 0 Å². The first-order valence-corrected chi connectivity index (χ1v) is 5.10. The summed E-state index contributed by atoms with van der Waals surface area (Å²) < 4.78 is 44.3. The van der Waals surface area contributed by atoms with Crippen LogP contribution in [0.5, 0.6) is 5.75 Å². The molecule has 0 atom stereocenters. The third kappa shape index (κ3) is 2.35. The van der Waals surface area contributed by atoms with E-state index in [-0.39, 0.29) is 12.5 Å². The van der Waals surface area contributed by atoms with Crippen LogP contribution in [0.2, 0.25) is 0 Å². The van der Waals surface area contributed by atoms with Crippen LogP contribution in [0.3, 0.4) is 0 Å². The Balaban J connectivity index is 2.37. The van der Waals surface area contributed by atoms with Crippen molar-refractivity contribution in [1.82, 2.24) is 0 Å². The number of hydrogen-bond acceptors (Lipinski definition) is 2. The lowest BCUT2D eigenvalue weighted by Crippen LogP contribution is -2.16. The van der Waals surface area contributed by atoms with Gasteiger partial charge >= 0.3 is 0 Å². The molecular formula is C11H10F3NO2. The van der Waals surface area contributed by atoms with Crippen molar-refractivity contribution in [1.29, 1.82) is 0 Å². The highest BCUT2D eigenvalue weighted by molar-refractivity contribution is 5.95. The van der Waals surface area contributed by atoms with Gasteiger partial charge in [0.05, 0.1) is 12.2 Å². The molecule has 1 fully saturated rings. The molecule has 0 aromatic heterocycles. The third-order valence-electron chi connectivity index (χ3n) is 2.54. The van der Waals surface area contributed by atoms with E-state index in [1.807, 2.05) is 0 Å². The van der Waals surface area contributed by atoms with E-state index in [2.05, 4.69) is 0 Å². The van der Waals surface area contributed by atoms with Gasteiger partial charge < -0.3 is 10.5 Å². The van der Waals surface area contributed by atoms with Gasteiger partial charge in [-0.3, -0.25) is 4.79 Å². The van der Waals surface area contributed by atoms with Crippen LogP contribution in [-0.4, -0.2) is 12.5 Å². The molecule has 1 aliphatic rings. The number of amides is 1. The van der Waals surface area contributed by atoms with Crippen molar-refractivity contribution in [3.8, 4) is 5.75 Å². The Hall–Kier alpha value is -1.72. The minimum absolute atomic E-state index is 0.169. The number of benzene rings is 1. The standard InChI is InChI=1S/C11H10F3NO2/c12-7-3-6(11(15)16)10(9(14)8(7)13)17-4-5-1-2-5/h3,5H,1-2,4H2,(H2,15,16). The monoisotopic (exact) mass is 245 g/mol. The van der Waals surface area contributed by atoms with Crippen LogP contribution in [0, 0.1) is 23.4 Å². The van der Waals surface area contributed by atoms with Crippen molar-refractivity contribution < 1.29 is 22.7 Å². The first-order chi connectivity index (χ1) is 8.00. The smallest absolute Gasteiger partial charge is 0.252 e. The second kappa shape index (κ2) is 4.27. The first-order valence-electron chi connectivity index (χ1n) is 5.10. The number of carbonyl (C=O) groups is 1. The van der Waals surface area contributed by atoms with Crippen LogP contribution < -0.4 is 10.5 Å². The number of carbonyl (C=O) groups excluding carboxylic acids is 1. The highest BCUT2D eigenvalue weighted by atomic mass is 19.2. The fourth-order valence-corrected chi connectivity index (χ4v) is 1.39. The number of nitrogens with two attached hydrogens (primary N) is 1. The molecule has 6 heteroatoms. The van der Waals surface area contributed by atoms with Crippen molar-refractivity contribution in [2.75, 3.05) is 6.61 Å². The molecule has 1 aromatic rings. The summed E-state index contributed by atoms with van der Waals surface area (Å²) in [5.74, 6) is -6.03. The fourth-order valence-electron chi connectivity index (χ4n) is 1.39. The van der Waals surface area contributed by atoms with Gasteiger partial charge in [0.2, 0.25) is 5.82 Å². The summed E-state index contributed by atoms with van der Waals surface area (Å²) in [7, 11) is 0. The van der Waals surface area contributed by atoms with Gasteiger partial charge in [-0.1, -0.05) is 0 Å². The maximum atomic E-state index is 13.4. The molecule has 0 saturated heterocycles. The number of ether oxygens (including phenoxy) is 1. The molecule has 92 valence electrons. The zero-order valence-corrected chi connectivity index (χ0v) is 8.80. The lowest BCUT2D eigenvalue weighted by atomic mass is 10.1. The van der Waals surface area contributed by atoms with E-state index in [1.165, 1.54) is 0 Å². The van der Waals surface area contributed by atoms with Gasteiger partial charge in [0, 0.05) is 0 Å². The fraction of sp³-hybridized carbons (Fsp3) is 0.364. The summed E-state index contributed by atoms with van der Waals surface area (Å²) in [6.07, 6.45) is 1.88. The molecule has 0 unspecified atom stereocenters. The Morgan fingerprint density at radius 3 is 2.53 bits per heavy atom. The number of halogens is 3. The molecule has 0 aliphatic heterocycles. The van der Waals surface area contributed by atoms with E-state index in [9.17, 15) is 18.0 Å². The topological polar surface area (TPSA) is 52.3 Å². The van der Waals surface area contributed by atoms with Crippen molar-refractivity contribution >= 4 is 5.91 Å². The largest absolute Gasteiger partial charge is 0.489 e. The minimum Gasteiger partial charge on any atom is -0.489 e. The van der Waals surface area contributed by atoms with Crippen molar-refractivity contribution in [2.45, 2.75) is 12.8 Å². The Labute approximate surface area is 95.4 Å². The van der Waals surface area contributed by atoms with Gasteiger partial charge in [0.1, 0.15) is 0 Å². The summed E-state index contributed by atoms with van der Waals surface area (Å²) in [5, 5.41) is 0. The van der Waals surface area contributed by atoms with Crippen molar-refractivity contribution in [3.63, 3.8) is 0 Å². The number of rotatable bonds is 4. The molecule has 1 aliphatic carbocycles. The summed E-state index contributed by atoms with van der Waals surface area (Å²) in [5.41, 5.74) is 4.47. The predicted octanol–water partition coefficient (Wildman–Crippen LogP) is 1.99. The van der Waals surface area contributed by atoms with Gasteiger partial charge in [0.25, 0.3) is 5.91 Å². The predicted molar refractivity (Wildman–Crippen MR) is 53.1 cm³/mol. The summed E-state index contributed by atoms with van der Waals surface area (Å²) in [4.78, 5) is 11.0. The highest BCUT2D eigenvalue weighted by Gasteiger charge is 2.26. The van der Waals surface area contributed by atoms with E-state index < -0.39 is 34.7 Å². The highest BCUT2D eigenvalue weighted by Crippen LogP contribution is 2.32. The van der Waals surface area contributed by atoms with E-state index >= 15 is 0 Å². The number of hydrogen-bond donors (Lipinski definition) is 1. The molecular weight excluding hydrogens is 235 g/mol. The van der Waals surface area contributed by atoms with E-state index in [4.69, 9.17) is 10.5 Å². The van der Waals surface area contributed by atoms with Gasteiger partial charge in [-0.25, -0.2) is 8.78 Å². The minimum atomic E-state index is -1.67. The molecule has 0 spiro atoms. The quantitative estimate of drug-likeness (QED) is 0.825. The van der Waals surface area contributed by atoms with Crippen molar-refractivity contribution in [3.05, 3.63) is 29.1 Å². The summed E-state index contributed by atoms with van der Waals surface area (Å²) in [6, 6.07) is 0.545. The Morgan fingerprint density at radius 2 is 2.00 bits per heavy atom. The summed E-state index contributed by atoms with van der Waals surface area (Å²) >= 11 is 0. The molecule has 1 saturated carbocycles. The van der Waals surface area contributed by atoms with Gasteiger partial charge in [0.15, 0.2) is 17.4 Å². The van der Waals surface area contributed by atoms with E-state index in [1.54, 1.807) is 0 Å². The second-order valence-electron chi connectivity index (χ2n) is 3.98. The van der Waals surface area contributed by atoms with Crippen LogP contribution >= 0.6 is 0 Å². The second-order valence-corrected chi connectivity index (χ2v) is 3.98. The third-order valence-corrected chi connectivity index (χ3v) is 2.54. The molecule has 2 rings (SSSR count). The molecule has 1 aromatic carbocycles. The van der Waals surface area contributed by atoms with Crippen LogP contribution in [0.25, 0.3) is 0 Å². The molecule has 0 radical (unpaired) electrons. The number of primary amides is 1. The first kappa shape index (κ1) is 11.8. The zero-order chi connectivity index (χ0) is 12.6. The average molecular weight is 245 g/mol. The lowest BCUT2D eigenvalue weighted by Gasteiger charge is -2.11. The van der Waals surface area contributed by atoms with Crippen LogP contribution in [0.15, 0.2) is 6.07 Å².